The highest BCUT2D eigenvalue weighted by Crippen LogP contribution is 2.38. The number of hydrogen-bond acceptors (Lipinski definition) is 3. The first kappa shape index (κ1) is 16.8. The average molecular weight is 356 g/mol. The predicted octanol–water partition coefficient (Wildman–Crippen LogP) is 5.16. The van der Waals surface area contributed by atoms with Crippen LogP contribution in [-0.2, 0) is 6.18 Å². The predicted molar refractivity (Wildman–Crippen MR) is 83.3 cm³/mol. The normalized spacial score (nSPS) is 16.5. The Hall–Kier alpha value is -2.08. The Morgan fingerprint density at radius 1 is 1.17 bits per heavy atom. The largest absolute Gasteiger partial charge is 0.471 e. The van der Waals surface area contributed by atoms with E-state index >= 15 is 0 Å². The van der Waals surface area contributed by atoms with Gasteiger partial charge in [0, 0.05) is 10.6 Å². The smallest absolute Gasteiger partial charge is 0.416 e. The number of pyridine rings is 1. The zero-order chi connectivity index (χ0) is 17.7. The summed E-state index contributed by atoms with van der Waals surface area (Å²) in [4.78, 5) is 16.3. The van der Waals surface area contributed by atoms with Crippen LogP contribution >= 0.6 is 11.6 Å². The molecule has 0 amide bonds. The number of alkyl halides is 3. The lowest BCUT2D eigenvalue weighted by Gasteiger charge is -2.30. The molecule has 2 heterocycles. The Balaban J connectivity index is 2.11. The number of halogens is 4. The number of hydrogen-bond donors (Lipinski definition) is 0. The molecular weight excluding hydrogens is 343 g/mol. The standard InChI is InChI=1S/C17H13ClF3NO2/c1-16(2)8-14(23)10-4-6-13(22-15(10)24-16)11-7-9(17(19,20)21)3-5-12(11)18/h3-7H,8H2,1-2H3. The van der Waals surface area contributed by atoms with Crippen LogP contribution in [0.5, 0.6) is 5.88 Å². The number of ether oxygens (including phenoxy) is 1. The maximum absolute atomic E-state index is 12.9. The maximum atomic E-state index is 12.9. The monoisotopic (exact) mass is 355 g/mol. The van der Waals surface area contributed by atoms with Crippen LogP contribution in [0, 0.1) is 0 Å². The molecule has 1 aliphatic rings. The number of benzene rings is 1. The fourth-order valence-corrected chi connectivity index (χ4v) is 2.77. The molecule has 1 aromatic heterocycles. The van der Waals surface area contributed by atoms with Crippen molar-refractivity contribution < 1.29 is 22.7 Å². The van der Waals surface area contributed by atoms with Gasteiger partial charge in [-0.1, -0.05) is 11.6 Å². The molecule has 0 unspecified atom stereocenters. The molecule has 7 heteroatoms. The van der Waals surface area contributed by atoms with E-state index in [9.17, 15) is 18.0 Å². The first-order valence-electron chi connectivity index (χ1n) is 7.17. The van der Waals surface area contributed by atoms with Gasteiger partial charge in [0.1, 0.15) is 5.60 Å². The third kappa shape index (κ3) is 3.11. The van der Waals surface area contributed by atoms with Gasteiger partial charge in [-0.05, 0) is 44.2 Å². The lowest BCUT2D eigenvalue weighted by atomic mass is 9.94. The minimum atomic E-state index is -4.48. The number of aromatic nitrogens is 1. The molecule has 3 rings (SSSR count). The number of carbonyl (C=O) groups is 1. The molecule has 1 aliphatic heterocycles. The highest BCUT2D eigenvalue weighted by Gasteiger charge is 2.34. The lowest BCUT2D eigenvalue weighted by molar-refractivity contribution is -0.137. The number of Topliss-reactive ketones (excluding diaryl/α,β-unsaturated/α-hetero) is 1. The summed E-state index contributed by atoms with van der Waals surface area (Å²) in [6.07, 6.45) is -4.27. The van der Waals surface area contributed by atoms with Gasteiger partial charge in [-0.15, -0.1) is 0 Å². The Bertz CT molecular complexity index is 831. The van der Waals surface area contributed by atoms with E-state index in [0.717, 1.165) is 12.1 Å². The highest BCUT2D eigenvalue weighted by atomic mass is 35.5. The number of fused-ring (bicyclic) bond motifs is 1. The third-order valence-corrected chi connectivity index (χ3v) is 4.02. The van der Waals surface area contributed by atoms with E-state index in [1.54, 1.807) is 13.8 Å². The number of nitrogens with zero attached hydrogens (tertiary/aromatic N) is 1. The van der Waals surface area contributed by atoms with Crippen LogP contribution in [0.25, 0.3) is 11.3 Å². The zero-order valence-electron chi connectivity index (χ0n) is 12.9. The van der Waals surface area contributed by atoms with Gasteiger partial charge in [-0.2, -0.15) is 13.2 Å². The second-order valence-corrected chi connectivity index (χ2v) is 6.61. The molecule has 3 nitrogen and oxygen atoms in total. The lowest BCUT2D eigenvalue weighted by Crippen LogP contribution is -2.36. The summed E-state index contributed by atoms with van der Waals surface area (Å²) >= 11 is 6.03. The van der Waals surface area contributed by atoms with E-state index in [1.165, 1.54) is 18.2 Å². The quantitative estimate of drug-likeness (QED) is 0.709. The van der Waals surface area contributed by atoms with Gasteiger partial charge in [0.2, 0.25) is 5.88 Å². The van der Waals surface area contributed by atoms with Gasteiger partial charge in [-0.25, -0.2) is 4.98 Å². The van der Waals surface area contributed by atoms with Crippen LogP contribution in [-0.4, -0.2) is 16.4 Å². The summed E-state index contributed by atoms with van der Waals surface area (Å²) in [5, 5.41) is 0.136. The fraction of sp³-hybridized carbons (Fsp3) is 0.294. The number of carbonyl (C=O) groups excluding carboxylic acids is 1. The van der Waals surface area contributed by atoms with Crippen LogP contribution < -0.4 is 4.74 Å². The summed E-state index contributed by atoms with van der Waals surface area (Å²) in [5.41, 5.74) is -0.864. The Kier molecular flexibility index (Phi) is 3.83. The van der Waals surface area contributed by atoms with Crippen molar-refractivity contribution in [3.05, 3.63) is 46.5 Å². The molecule has 0 saturated heterocycles. The zero-order valence-corrected chi connectivity index (χ0v) is 13.6. The molecule has 1 aromatic carbocycles. The van der Waals surface area contributed by atoms with Crippen LogP contribution in [0.3, 0.4) is 0 Å². The average Bonchev–Trinajstić information content (AvgIpc) is 2.44. The molecule has 0 radical (unpaired) electrons. The van der Waals surface area contributed by atoms with E-state index in [4.69, 9.17) is 16.3 Å². The van der Waals surface area contributed by atoms with Crippen molar-refractivity contribution >= 4 is 17.4 Å². The van der Waals surface area contributed by atoms with Gasteiger partial charge in [0.15, 0.2) is 5.78 Å². The van der Waals surface area contributed by atoms with Crippen molar-refractivity contribution in [3.8, 4) is 17.1 Å². The Morgan fingerprint density at radius 3 is 2.54 bits per heavy atom. The van der Waals surface area contributed by atoms with Crippen LogP contribution in [0.1, 0.15) is 36.2 Å². The van der Waals surface area contributed by atoms with E-state index in [0.29, 0.717) is 5.56 Å². The van der Waals surface area contributed by atoms with E-state index < -0.39 is 17.3 Å². The van der Waals surface area contributed by atoms with Gasteiger partial charge in [0.25, 0.3) is 0 Å². The van der Waals surface area contributed by atoms with Crippen molar-refractivity contribution in [2.75, 3.05) is 0 Å². The number of ketones is 1. The van der Waals surface area contributed by atoms with Gasteiger partial charge < -0.3 is 4.74 Å². The first-order valence-corrected chi connectivity index (χ1v) is 7.55. The molecule has 24 heavy (non-hydrogen) atoms. The molecule has 0 fully saturated rings. The van der Waals surface area contributed by atoms with Gasteiger partial charge >= 0.3 is 6.18 Å². The molecular formula is C17H13ClF3NO2. The van der Waals surface area contributed by atoms with Crippen molar-refractivity contribution in [1.29, 1.82) is 0 Å². The maximum Gasteiger partial charge on any atom is 0.416 e. The molecule has 126 valence electrons. The van der Waals surface area contributed by atoms with Crippen molar-refractivity contribution in [2.24, 2.45) is 0 Å². The van der Waals surface area contributed by atoms with Crippen molar-refractivity contribution in [3.63, 3.8) is 0 Å². The summed E-state index contributed by atoms with van der Waals surface area (Å²) in [6.45, 7) is 3.50. The molecule has 0 atom stereocenters. The third-order valence-electron chi connectivity index (χ3n) is 3.69. The summed E-state index contributed by atoms with van der Waals surface area (Å²) in [7, 11) is 0. The summed E-state index contributed by atoms with van der Waals surface area (Å²) < 4.78 is 44.4. The Labute approximate surface area is 141 Å². The van der Waals surface area contributed by atoms with Crippen LogP contribution in [0.15, 0.2) is 30.3 Å². The molecule has 0 saturated carbocycles. The second-order valence-electron chi connectivity index (χ2n) is 6.20. The van der Waals surface area contributed by atoms with E-state index in [-0.39, 0.29) is 34.4 Å². The second kappa shape index (κ2) is 5.48. The molecule has 0 aliphatic carbocycles. The molecule has 0 spiro atoms. The van der Waals surface area contributed by atoms with Crippen LogP contribution in [0.4, 0.5) is 13.2 Å². The van der Waals surface area contributed by atoms with Gasteiger partial charge in [0.05, 0.1) is 23.2 Å². The minimum absolute atomic E-state index is 0.113. The highest BCUT2D eigenvalue weighted by molar-refractivity contribution is 6.33. The fourth-order valence-electron chi connectivity index (χ4n) is 2.56. The van der Waals surface area contributed by atoms with Crippen molar-refractivity contribution in [2.45, 2.75) is 32.0 Å². The van der Waals surface area contributed by atoms with E-state index in [1.807, 2.05) is 0 Å². The SMILES string of the molecule is CC1(C)CC(=O)c2ccc(-c3cc(C(F)(F)F)ccc3Cl)nc2O1. The van der Waals surface area contributed by atoms with Crippen molar-refractivity contribution in [1.82, 2.24) is 4.98 Å². The first-order chi connectivity index (χ1) is 11.1. The van der Waals surface area contributed by atoms with E-state index in [2.05, 4.69) is 4.98 Å². The van der Waals surface area contributed by atoms with Crippen LogP contribution in [0.2, 0.25) is 5.02 Å². The molecule has 0 N–H and O–H groups in total. The minimum Gasteiger partial charge on any atom is -0.471 e. The number of rotatable bonds is 1. The van der Waals surface area contributed by atoms with Gasteiger partial charge in [-0.3, -0.25) is 4.79 Å². The topological polar surface area (TPSA) is 39.2 Å². The molecule has 0 bridgehead atoms. The Morgan fingerprint density at radius 2 is 1.88 bits per heavy atom. The summed E-state index contributed by atoms with van der Waals surface area (Å²) in [5.74, 6) is -0.00216. The summed E-state index contributed by atoms with van der Waals surface area (Å²) in [6, 6.07) is 6.00. The molecule has 2 aromatic rings.